The van der Waals surface area contributed by atoms with Crippen LogP contribution in [-0.2, 0) is 13.0 Å². The van der Waals surface area contributed by atoms with Crippen LogP contribution < -0.4 is 21.8 Å². The number of thiazole rings is 1. The van der Waals surface area contributed by atoms with Crippen molar-refractivity contribution in [3.63, 3.8) is 0 Å². The number of rotatable bonds is 4. The van der Waals surface area contributed by atoms with E-state index in [1.165, 1.54) is 17.6 Å². The standard InChI is InChI=1S/C21H21N5OS/c1-12-13(14-5-2-6-16(23)15(14)10-22)4-3-7-17(12)25-20(27)21-26-18-8-9-24-11-19(18)28-21/h2-7,10,22,24H,8-9,11,23H2,1H3,(H,25,27)/p+1. The summed E-state index contributed by atoms with van der Waals surface area (Å²) in [6.07, 6.45) is 2.38. The molecule has 0 bridgehead atoms. The summed E-state index contributed by atoms with van der Waals surface area (Å²) in [6, 6.07) is 11.5. The highest BCUT2D eigenvalue weighted by atomic mass is 32.1. The number of nitrogen functional groups attached to an aromatic ring is 1. The maximum Gasteiger partial charge on any atom is 0.284 e. The summed E-state index contributed by atoms with van der Waals surface area (Å²) in [4.78, 5) is 18.4. The molecule has 1 aliphatic rings. The SMILES string of the molecule is Cc1c(NC(=O)c2nc3c(s2)CNCC3)cccc1-c1cccc(N)c1C=[NH2+]. The van der Waals surface area contributed by atoms with Gasteiger partial charge in [0.15, 0.2) is 11.2 Å². The second kappa shape index (κ2) is 7.53. The Kier molecular flexibility index (Phi) is 4.93. The van der Waals surface area contributed by atoms with Gasteiger partial charge >= 0.3 is 0 Å². The fourth-order valence-corrected chi connectivity index (χ4v) is 4.44. The van der Waals surface area contributed by atoms with Crippen LogP contribution in [0.1, 0.15) is 31.5 Å². The molecule has 0 fully saturated rings. The van der Waals surface area contributed by atoms with E-state index in [0.717, 1.165) is 58.0 Å². The second-order valence-corrected chi connectivity index (χ2v) is 7.81. The Morgan fingerprint density at radius 2 is 2.07 bits per heavy atom. The van der Waals surface area contributed by atoms with Crippen LogP contribution >= 0.6 is 11.3 Å². The van der Waals surface area contributed by atoms with Gasteiger partial charge in [-0.25, -0.2) is 4.98 Å². The molecule has 1 aromatic heterocycles. The molecule has 2 heterocycles. The summed E-state index contributed by atoms with van der Waals surface area (Å²) in [5.41, 5.74) is 12.1. The van der Waals surface area contributed by atoms with Crippen LogP contribution in [0.3, 0.4) is 0 Å². The Morgan fingerprint density at radius 1 is 1.29 bits per heavy atom. The molecule has 0 saturated carbocycles. The van der Waals surface area contributed by atoms with Gasteiger partial charge in [0.05, 0.1) is 11.3 Å². The number of carbonyl (C=O) groups is 1. The fourth-order valence-electron chi connectivity index (χ4n) is 3.47. The quantitative estimate of drug-likeness (QED) is 0.401. The number of carbonyl (C=O) groups excluding carboxylic acids is 1. The molecule has 1 amide bonds. The minimum absolute atomic E-state index is 0.183. The van der Waals surface area contributed by atoms with Gasteiger partial charge in [-0.1, -0.05) is 24.3 Å². The summed E-state index contributed by atoms with van der Waals surface area (Å²) in [6.45, 7) is 3.66. The van der Waals surface area contributed by atoms with Gasteiger partial charge in [-0.2, -0.15) is 0 Å². The lowest BCUT2D eigenvalue weighted by atomic mass is 9.94. The summed E-state index contributed by atoms with van der Waals surface area (Å²) in [7, 11) is 0. The number of nitrogens with two attached hydrogens (primary N) is 2. The van der Waals surface area contributed by atoms with Crippen LogP contribution in [0.25, 0.3) is 11.1 Å². The molecule has 0 spiro atoms. The highest BCUT2D eigenvalue weighted by Gasteiger charge is 2.20. The number of nitrogens with zero attached hydrogens (tertiary/aromatic N) is 1. The van der Waals surface area contributed by atoms with Crippen molar-refractivity contribution in [2.24, 2.45) is 0 Å². The first kappa shape index (κ1) is 18.3. The van der Waals surface area contributed by atoms with Gasteiger partial charge in [0.2, 0.25) is 0 Å². The molecular weight excluding hydrogens is 370 g/mol. The fraction of sp³-hybridized carbons (Fsp3) is 0.190. The van der Waals surface area contributed by atoms with E-state index in [0.29, 0.717) is 10.7 Å². The number of benzene rings is 2. The Morgan fingerprint density at radius 3 is 2.86 bits per heavy atom. The predicted octanol–water partition coefficient (Wildman–Crippen LogP) is 1.78. The first-order chi connectivity index (χ1) is 13.6. The zero-order chi connectivity index (χ0) is 19.7. The molecule has 0 aliphatic carbocycles. The van der Waals surface area contributed by atoms with Crippen molar-refractivity contribution >= 4 is 34.8 Å². The van der Waals surface area contributed by atoms with Gasteiger partial charge in [0.1, 0.15) is 0 Å². The van der Waals surface area contributed by atoms with Crippen molar-refractivity contribution in [2.45, 2.75) is 19.9 Å². The highest BCUT2D eigenvalue weighted by molar-refractivity contribution is 7.13. The van der Waals surface area contributed by atoms with Crippen molar-refractivity contribution in [3.05, 3.63) is 63.1 Å². The first-order valence-electron chi connectivity index (χ1n) is 9.12. The maximum atomic E-state index is 12.8. The third kappa shape index (κ3) is 3.30. The molecular formula is C21H22N5OS+. The molecule has 0 atom stereocenters. The number of fused-ring (bicyclic) bond motifs is 1. The maximum absolute atomic E-state index is 12.8. The molecule has 28 heavy (non-hydrogen) atoms. The number of hydrogen-bond acceptors (Lipinski definition) is 5. The molecule has 0 radical (unpaired) electrons. The van der Waals surface area contributed by atoms with E-state index in [4.69, 9.17) is 11.1 Å². The van der Waals surface area contributed by atoms with Gasteiger partial charge in [-0.15, -0.1) is 11.3 Å². The number of nitrogens with one attached hydrogen (secondary N) is 2. The van der Waals surface area contributed by atoms with E-state index in [1.54, 1.807) is 0 Å². The van der Waals surface area contributed by atoms with Gasteiger partial charge in [-0.3, -0.25) is 10.2 Å². The van der Waals surface area contributed by atoms with Crippen LogP contribution in [-0.4, -0.2) is 23.7 Å². The minimum atomic E-state index is -0.183. The molecule has 0 unspecified atom stereocenters. The van der Waals surface area contributed by atoms with Gasteiger partial charge < -0.3 is 16.4 Å². The van der Waals surface area contributed by atoms with Crippen LogP contribution in [0.15, 0.2) is 36.4 Å². The Balaban J connectivity index is 1.66. The number of anilines is 2. The molecule has 6 nitrogen and oxygen atoms in total. The van der Waals surface area contributed by atoms with Crippen LogP contribution in [0.5, 0.6) is 0 Å². The Hall–Kier alpha value is -3.03. The summed E-state index contributed by atoms with van der Waals surface area (Å²) >= 11 is 1.45. The average Bonchev–Trinajstić information content (AvgIpc) is 3.14. The average molecular weight is 393 g/mol. The largest absolute Gasteiger partial charge is 0.398 e. The van der Waals surface area contributed by atoms with E-state index in [-0.39, 0.29) is 5.91 Å². The predicted molar refractivity (Wildman–Crippen MR) is 114 cm³/mol. The third-order valence-corrected chi connectivity index (χ3v) is 6.07. The van der Waals surface area contributed by atoms with E-state index in [2.05, 4.69) is 15.6 Å². The van der Waals surface area contributed by atoms with Crippen molar-refractivity contribution < 1.29 is 10.2 Å². The minimum Gasteiger partial charge on any atom is -0.398 e. The zero-order valence-electron chi connectivity index (χ0n) is 15.6. The van der Waals surface area contributed by atoms with E-state index in [9.17, 15) is 4.79 Å². The van der Waals surface area contributed by atoms with E-state index in [1.807, 2.05) is 43.3 Å². The summed E-state index contributed by atoms with van der Waals surface area (Å²) in [5.74, 6) is -0.183. The second-order valence-electron chi connectivity index (χ2n) is 6.72. The molecule has 1 aliphatic heterocycles. The highest BCUT2D eigenvalue weighted by Crippen LogP contribution is 2.32. The zero-order valence-corrected chi connectivity index (χ0v) is 16.4. The monoisotopic (exact) mass is 392 g/mol. The van der Waals surface area contributed by atoms with Crippen molar-refractivity contribution in [1.82, 2.24) is 10.3 Å². The molecule has 4 rings (SSSR count). The molecule has 2 aromatic carbocycles. The van der Waals surface area contributed by atoms with Gasteiger partial charge in [0, 0.05) is 35.8 Å². The first-order valence-corrected chi connectivity index (χ1v) is 9.94. The Bertz CT molecular complexity index is 1050. The van der Waals surface area contributed by atoms with Crippen molar-refractivity contribution in [1.29, 1.82) is 0 Å². The van der Waals surface area contributed by atoms with Crippen LogP contribution in [0, 0.1) is 6.92 Å². The number of hydrogen-bond donors (Lipinski definition) is 4. The molecule has 142 valence electrons. The van der Waals surface area contributed by atoms with Crippen LogP contribution in [0.2, 0.25) is 0 Å². The molecule has 0 saturated heterocycles. The topological polar surface area (TPSA) is 106 Å². The smallest absolute Gasteiger partial charge is 0.284 e. The third-order valence-electron chi connectivity index (χ3n) is 4.98. The lowest BCUT2D eigenvalue weighted by Crippen LogP contribution is -2.30. The van der Waals surface area contributed by atoms with Crippen LogP contribution in [0.4, 0.5) is 11.4 Å². The summed E-state index contributed by atoms with van der Waals surface area (Å²) < 4.78 is 0. The van der Waals surface area contributed by atoms with E-state index < -0.39 is 0 Å². The van der Waals surface area contributed by atoms with Crippen molar-refractivity contribution in [2.75, 3.05) is 17.6 Å². The Labute approximate surface area is 167 Å². The van der Waals surface area contributed by atoms with E-state index >= 15 is 0 Å². The number of amides is 1. The molecule has 6 N–H and O–H groups in total. The van der Waals surface area contributed by atoms with Gasteiger partial charge in [-0.05, 0) is 35.7 Å². The van der Waals surface area contributed by atoms with Gasteiger partial charge in [0.25, 0.3) is 5.91 Å². The molecule has 7 heteroatoms. The summed E-state index contributed by atoms with van der Waals surface area (Å²) in [5, 5.41) is 12.6. The normalized spacial score (nSPS) is 13.0. The number of aromatic nitrogens is 1. The van der Waals surface area contributed by atoms with Crippen molar-refractivity contribution in [3.8, 4) is 11.1 Å². The lowest BCUT2D eigenvalue weighted by molar-refractivity contribution is -0.104. The lowest BCUT2D eigenvalue weighted by Gasteiger charge is -2.14. The molecule has 3 aromatic rings.